The van der Waals surface area contributed by atoms with Crippen molar-refractivity contribution in [3.05, 3.63) is 65.1 Å². The summed E-state index contributed by atoms with van der Waals surface area (Å²) in [6.07, 6.45) is 2.26. The fourth-order valence-corrected chi connectivity index (χ4v) is 4.57. The first-order valence-corrected chi connectivity index (χ1v) is 12.8. The zero-order valence-electron chi connectivity index (χ0n) is 20.4. The van der Waals surface area contributed by atoms with Crippen LogP contribution in [0.25, 0.3) is 22.3 Å². The van der Waals surface area contributed by atoms with Crippen molar-refractivity contribution in [2.75, 3.05) is 39.6 Å². The average molecular weight is 549 g/mol. The molecule has 5 rings (SSSR count). The van der Waals surface area contributed by atoms with Gasteiger partial charge in [0.1, 0.15) is 17.3 Å². The minimum absolute atomic E-state index is 0.394. The Labute approximate surface area is 219 Å². The topological polar surface area (TPSA) is 82.7 Å². The van der Waals surface area contributed by atoms with Crippen LogP contribution in [0.1, 0.15) is 12.8 Å². The number of halogens is 1. The van der Waals surface area contributed by atoms with Gasteiger partial charge in [0.15, 0.2) is 17.3 Å². The highest BCUT2D eigenvalue weighted by atomic mass is 79.9. The Balaban J connectivity index is 1.37. The number of ether oxygens (including phenoxy) is 3. The number of methoxy groups -OCH3 is 1. The maximum Gasteiger partial charge on any atom is 0.163 e. The number of nitrogen functional groups attached to an aromatic ring is 1. The molecule has 1 aliphatic rings. The van der Waals surface area contributed by atoms with Gasteiger partial charge in [0.2, 0.25) is 0 Å². The molecule has 1 aromatic heterocycles. The zero-order valence-corrected chi connectivity index (χ0v) is 22.0. The lowest BCUT2D eigenvalue weighted by molar-refractivity contribution is 0.157. The third-order valence-electron chi connectivity index (χ3n) is 6.49. The molecule has 3 aromatic carbocycles. The third kappa shape index (κ3) is 5.55. The Morgan fingerprint density at radius 3 is 2.28 bits per heavy atom. The molecule has 0 radical (unpaired) electrons. The van der Waals surface area contributed by atoms with E-state index in [0.717, 1.165) is 52.9 Å². The molecular formula is C28H29BrN4O3. The van der Waals surface area contributed by atoms with Crippen molar-refractivity contribution in [3.63, 3.8) is 0 Å². The maximum absolute atomic E-state index is 6.34. The van der Waals surface area contributed by atoms with Gasteiger partial charge >= 0.3 is 0 Å². The van der Waals surface area contributed by atoms with Crippen LogP contribution < -0.4 is 19.9 Å². The number of nitrogens with zero attached hydrogens (tertiary/aromatic N) is 3. The van der Waals surface area contributed by atoms with Crippen LogP contribution in [0.15, 0.2) is 65.1 Å². The van der Waals surface area contributed by atoms with E-state index in [0.29, 0.717) is 41.2 Å². The summed E-state index contributed by atoms with van der Waals surface area (Å²) in [5.41, 5.74) is 7.89. The van der Waals surface area contributed by atoms with E-state index in [4.69, 9.17) is 24.9 Å². The third-order valence-corrected chi connectivity index (χ3v) is 7.01. The van der Waals surface area contributed by atoms with Gasteiger partial charge < -0.3 is 24.8 Å². The second-order valence-electron chi connectivity index (χ2n) is 9.09. The van der Waals surface area contributed by atoms with Crippen molar-refractivity contribution in [1.82, 2.24) is 14.9 Å². The molecule has 2 N–H and O–H groups in total. The van der Waals surface area contributed by atoms with E-state index >= 15 is 0 Å². The maximum atomic E-state index is 6.34. The van der Waals surface area contributed by atoms with Crippen molar-refractivity contribution < 1.29 is 14.2 Å². The number of benzene rings is 3. The molecule has 0 amide bonds. The van der Waals surface area contributed by atoms with Crippen molar-refractivity contribution in [2.24, 2.45) is 5.92 Å². The van der Waals surface area contributed by atoms with Gasteiger partial charge in [-0.05, 0) is 93.5 Å². The van der Waals surface area contributed by atoms with Crippen molar-refractivity contribution in [3.8, 4) is 34.4 Å². The number of fused-ring (bicyclic) bond motifs is 1. The van der Waals surface area contributed by atoms with Crippen LogP contribution in [0.3, 0.4) is 0 Å². The van der Waals surface area contributed by atoms with Crippen LogP contribution >= 0.6 is 15.9 Å². The van der Waals surface area contributed by atoms with Gasteiger partial charge in [-0.2, -0.15) is 0 Å². The van der Waals surface area contributed by atoms with Gasteiger partial charge in [-0.15, -0.1) is 0 Å². The van der Waals surface area contributed by atoms with Gasteiger partial charge in [-0.1, -0.05) is 15.9 Å². The molecular weight excluding hydrogens is 520 g/mol. The predicted molar refractivity (Wildman–Crippen MR) is 146 cm³/mol. The number of rotatable bonds is 7. The highest BCUT2D eigenvalue weighted by Gasteiger charge is 2.19. The van der Waals surface area contributed by atoms with E-state index in [-0.39, 0.29) is 0 Å². The van der Waals surface area contributed by atoms with Gasteiger partial charge in [0.25, 0.3) is 0 Å². The molecule has 0 aliphatic carbocycles. The quantitative estimate of drug-likeness (QED) is 0.296. The first-order chi connectivity index (χ1) is 17.5. The number of hydrogen-bond acceptors (Lipinski definition) is 7. The summed E-state index contributed by atoms with van der Waals surface area (Å²) in [5, 5.41) is 0.734. The Kier molecular flexibility index (Phi) is 7.25. The summed E-state index contributed by atoms with van der Waals surface area (Å²) in [6, 6.07) is 19.1. The van der Waals surface area contributed by atoms with E-state index in [1.54, 1.807) is 7.11 Å². The van der Waals surface area contributed by atoms with E-state index in [1.165, 1.54) is 0 Å². The van der Waals surface area contributed by atoms with Crippen LogP contribution in [0.2, 0.25) is 0 Å². The second kappa shape index (κ2) is 10.7. The van der Waals surface area contributed by atoms with Crippen molar-refractivity contribution in [1.29, 1.82) is 0 Å². The summed E-state index contributed by atoms with van der Waals surface area (Å²) in [7, 11) is 3.79. The fraction of sp³-hybridized carbons (Fsp3) is 0.286. The van der Waals surface area contributed by atoms with Gasteiger partial charge in [-0.25, -0.2) is 9.97 Å². The van der Waals surface area contributed by atoms with Crippen LogP contribution in [0.4, 0.5) is 5.82 Å². The zero-order chi connectivity index (χ0) is 25.1. The largest absolute Gasteiger partial charge is 0.493 e. The summed E-state index contributed by atoms with van der Waals surface area (Å²) < 4.78 is 18.7. The van der Waals surface area contributed by atoms with Crippen molar-refractivity contribution in [2.45, 2.75) is 12.8 Å². The SMILES string of the molecule is COc1cc2c(N)nc(-c3ccc(Oc4ccc(Br)cc4)cc3)nc2cc1OCC1CCN(C)CC1. The highest BCUT2D eigenvalue weighted by Crippen LogP contribution is 2.35. The molecule has 1 aliphatic heterocycles. The molecule has 0 atom stereocenters. The number of hydrogen-bond donors (Lipinski definition) is 1. The smallest absolute Gasteiger partial charge is 0.163 e. The lowest BCUT2D eigenvalue weighted by atomic mass is 9.98. The Bertz CT molecular complexity index is 1340. The molecule has 186 valence electrons. The van der Waals surface area contributed by atoms with Gasteiger partial charge in [0, 0.05) is 21.5 Å². The number of anilines is 1. The fourth-order valence-electron chi connectivity index (χ4n) is 4.31. The van der Waals surface area contributed by atoms with Crippen molar-refractivity contribution >= 4 is 32.7 Å². The molecule has 1 saturated heterocycles. The monoisotopic (exact) mass is 548 g/mol. The molecule has 0 bridgehead atoms. The van der Waals surface area contributed by atoms with E-state index in [9.17, 15) is 0 Å². The van der Waals surface area contributed by atoms with Gasteiger partial charge in [0.05, 0.1) is 19.2 Å². The Hall–Kier alpha value is -3.36. The predicted octanol–water partition coefficient (Wildman–Crippen LogP) is 6.16. The van der Waals surface area contributed by atoms with Gasteiger partial charge in [-0.3, -0.25) is 0 Å². The molecule has 4 aromatic rings. The molecule has 0 unspecified atom stereocenters. The average Bonchev–Trinajstić information content (AvgIpc) is 2.89. The highest BCUT2D eigenvalue weighted by molar-refractivity contribution is 9.10. The Morgan fingerprint density at radius 1 is 0.944 bits per heavy atom. The Morgan fingerprint density at radius 2 is 1.61 bits per heavy atom. The molecule has 1 fully saturated rings. The minimum atomic E-state index is 0.394. The lowest BCUT2D eigenvalue weighted by Gasteiger charge is -2.28. The lowest BCUT2D eigenvalue weighted by Crippen LogP contribution is -2.32. The number of nitrogens with two attached hydrogens (primary N) is 1. The summed E-state index contributed by atoms with van der Waals surface area (Å²) in [4.78, 5) is 11.7. The normalized spacial score (nSPS) is 14.6. The minimum Gasteiger partial charge on any atom is -0.493 e. The standard InChI is InChI=1S/C28H29BrN4O3/c1-33-13-11-18(12-14-33)17-35-26-16-24-23(15-25(26)34-2)27(30)32-28(31-24)19-3-7-21(8-4-19)36-22-9-5-20(29)6-10-22/h3-10,15-16,18H,11-14,17H2,1-2H3,(H2,30,31,32). The molecule has 8 heteroatoms. The summed E-state index contributed by atoms with van der Waals surface area (Å²) in [5.74, 6) is 4.26. The van der Waals surface area contributed by atoms with Crippen LogP contribution in [0.5, 0.6) is 23.0 Å². The number of aromatic nitrogens is 2. The summed E-state index contributed by atoms with van der Waals surface area (Å²) >= 11 is 3.43. The second-order valence-corrected chi connectivity index (χ2v) is 10.0. The van der Waals surface area contributed by atoms with E-state index < -0.39 is 0 Å². The molecule has 0 spiro atoms. The number of likely N-dealkylation sites (tertiary alicyclic amines) is 1. The van der Waals surface area contributed by atoms with Crippen LogP contribution in [-0.4, -0.2) is 48.7 Å². The molecule has 36 heavy (non-hydrogen) atoms. The molecule has 2 heterocycles. The first kappa shape index (κ1) is 24.3. The van der Waals surface area contributed by atoms with E-state index in [2.05, 4.69) is 32.9 Å². The molecule has 7 nitrogen and oxygen atoms in total. The van der Waals surface area contributed by atoms with Crippen LogP contribution in [0, 0.1) is 5.92 Å². The first-order valence-electron chi connectivity index (χ1n) is 12.0. The summed E-state index contributed by atoms with van der Waals surface area (Å²) in [6.45, 7) is 2.86. The van der Waals surface area contributed by atoms with Crippen LogP contribution in [-0.2, 0) is 0 Å². The number of piperidine rings is 1. The van der Waals surface area contributed by atoms with E-state index in [1.807, 2.05) is 60.7 Å². The molecule has 0 saturated carbocycles.